The number of rotatable bonds is 14. The van der Waals surface area contributed by atoms with E-state index < -0.39 is 0 Å². The molecule has 1 unspecified atom stereocenters. The predicted molar refractivity (Wildman–Crippen MR) is 117 cm³/mol. The summed E-state index contributed by atoms with van der Waals surface area (Å²) < 4.78 is 11.8. The fraction of sp³-hybridized carbons (Fsp3) is 0.840. The fourth-order valence-electron chi connectivity index (χ4n) is 3.21. The highest BCUT2D eigenvalue weighted by Gasteiger charge is 2.18. The van der Waals surface area contributed by atoms with Crippen LogP contribution in [0.2, 0.25) is 0 Å². The summed E-state index contributed by atoms with van der Waals surface area (Å²) in [5.41, 5.74) is 0. The molecule has 160 valence electrons. The van der Waals surface area contributed by atoms with E-state index in [2.05, 4.69) is 30.6 Å². The maximum absolute atomic E-state index is 8.70. The lowest BCUT2D eigenvalue weighted by molar-refractivity contribution is -0.177. The molecule has 1 saturated heterocycles. The molecule has 0 bridgehead atoms. The Morgan fingerprint density at radius 3 is 2.21 bits per heavy atom. The van der Waals surface area contributed by atoms with Crippen molar-refractivity contribution in [3.8, 4) is 23.7 Å². The van der Waals surface area contributed by atoms with Crippen LogP contribution in [0.1, 0.15) is 110 Å². The number of aliphatic hydroxyl groups is 1. The third-order valence-electron chi connectivity index (χ3n) is 4.98. The number of aliphatic hydroxyl groups excluding tert-OH is 1. The van der Waals surface area contributed by atoms with Crippen LogP contribution in [-0.4, -0.2) is 30.7 Å². The summed E-state index contributed by atoms with van der Waals surface area (Å²) in [4.78, 5) is 0. The molecule has 0 amide bonds. The van der Waals surface area contributed by atoms with Gasteiger partial charge in [0, 0.05) is 32.5 Å². The first-order chi connectivity index (χ1) is 13.9. The van der Waals surface area contributed by atoms with Crippen LogP contribution >= 0.6 is 0 Å². The van der Waals surface area contributed by atoms with Gasteiger partial charge in [-0.25, -0.2) is 0 Å². The number of hydrogen-bond acceptors (Lipinski definition) is 3. The van der Waals surface area contributed by atoms with Gasteiger partial charge in [0.25, 0.3) is 0 Å². The quantitative estimate of drug-likeness (QED) is 0.292. The molecule has 0 aromatic rings. The third-order valence-corrected chi connectivity index (χ3v) is 4.98. The molecule has 1 heterocycles. The van der Waals surface area contributed by atoms with E-state index in [1.807, 2.05) is 0 Å². The molecule has 1 fully saturated rings. The average molecular weight is 391 g/mol. The van der Waals surface area contributed by atoms with E-state index in [4.69, 9.17) is 14.6 Å². The smallest absolute Gasteiger partial charge is 0.159 e. The normalized spacial score (nSPS) is 17.3. The predicted octanol–water partition coefficient (Wildman–Crippen LogP) is 5.99. The Balaban J connectivity index is 2.05. The maximum atomic E-state index is 8.70. The molecule has 2 atom stereocenters. The molecule has 28 heavy (non-hydrogen) atoms. The Bertz CT molecular complexity index is 460. The van der Waals surface area contributed by atoms with E-state index in [-0.39, 0.29) is 19.0 Å². The van der Waals surface area contributed by atoms with Gasteiger partial charge in [-0.15, -0.1) is 17.8 Å². The summed E-state index contributed by atoms with van der Waals surface area (Å²) in [5.74, 6) is 13.1. The van der Waals surface area contributed by atoms with Crippen molar-refractivity contribution in [1.29, 1.82) is 0 Å². The lowest BCUT2D eigenvalue weighted by atomic mass is 10.1. The minimum atomic E-state index is -0.0392. The van der Waals surface area contributed by atoms with Gasteiger partial charge in [-0.3, -0.25) is 0 Å². The molecule has 3 heteroatoms. The van der Waals surface area contributed by atoms with Crippen molar-refractivity contribution in [2.75, 3.05) is 13.2 Å². The molecule has 0 aromatic heterocycles. The lowest BCUT2D eigenvalue weighted by Gasteiger charge is -2.25. The number of unbranched alkanes of at least 4 members (excludes halogenated alkanes) is 9. The monoisotopic (exact) mass is 390 g/mol. The minimum absolute atomic E-state index is 0.0392. The maximum Gasteiger partial charge on any atom is 0.159 e. The highest BCUT2D eigenvalue weighted by molar-refractivity contribution is 5.05. The topological polar surface area (TPSA) is 38.7 Å². The molecule has 0 radical (unpaired) electrons. The van der Waals surface area contributed by atoms with Gasteiger partial charge < -0.3 is 14.6 Å². The minimum Gasteiger partial charge on any atom is -0.396 e. The summed E-state index contributed by atoms with van der Waals surface area (Å²) in [6, 6.07) is 0. The summed E-state index contributed by atoms with van der Waals surface area (Å²) in [5, 5.41) is 8.70. The average Bonchev–Trinajstić information content (AvgIpc) is 2.72. The molecule has 0 aromatic carbocycles. The standard InChI is InChI=1S/C25H42O3/c1-2-3-19-24(28-25-21-16-18-23-27-25)20-15-13-11-9-7-5-4-6-8-10-12-14-17-22-26/h24-26H,2-7,9,11-14,16-19,21-23H2,1H3/t24-,25?/m1/s1. The van der Waals surface area contributed by atoms with Gasteiger partial charge in [0.1, 0.15) is 6.10 Å². The number of hydrogen-bond donors (Lipinski definition) is 1. The molecule has 1 aliphatic heterocycles. The van der Waals surface area contributed by atoms with Crippen LogP contribution in [0.5, 0.6) is 0 Å². The first kappa shape index (κ1) is 25.0. The van der Waals surface area contributed by atoms with Gasteiger partial charge in [-0.05, 0) is 51.4 Å². The fourth-order valence-corrected chi connectivity index (χ4v) is 3.21. The van der Waals surface area contributed by atoms with Crippen LogP contribution in [0, 0.1) is 23.7 Å². The SMILES string of the molecule is CCCC[C@H](C#CCCCCCCCC#CCCCCO)OC1CCCCO1. The first-order valence-electron chi connectivity index (χ1n) is 11.7. The Morgan fingerprint density at radius 2 is 1.57 bits per heavy atom. The van der Waals surface area contributed by atoms with Crippen molar-refractivity contribution in [1.82, 2.24) is 0 Å². The molecule has 0 saturated carbocycles. The van der Waals surface area contributed by atoms with Crippen molar-refractivity contribution in [2.24, 2.45) is 0 Å². The molecular formula is C25H42O3. The summed E-state index contributed by atoms with van der Waals surface area (Å²) in [6.45, 7) is 3.33. The first-order valence-corrected chi connectivity index (χ1v) is 11.7. The molecular weight excluding hydrogens is 348 g/mol. The molecule has 1 aliphatic rings. The Labute approximate surface area is 174 Å². The van der Waals surface area contributed by atoms with Crippen LogP contribution in [0.3, 0.4) is 0 Å². The molecule has 0 spiro atoms. The zero-order valence-corrected chi connectivity index (χ0v) is 18.1. The van der Waals surface area contributed by atoms with E-state index >= 15 is 0 Å². The largest absolute Gasteiger partial charge is 0.396 e. The molecule has 3 nitrogen and oxygen atoms in total. The van der Waals surface area contributed by atoms with Gasteiger partial charge in [-0.1, -0.05) is 44.9 Å². The number of ether oxygens (including phenoxy) is 2. The zero-order valence-electron chi connectivity index (χ0n) is 18.1. The highest BCUT2D eigenvalue weighted by atomic mass is 16.7. The van der Waals surface area contributed by atoms with Gasteiger partial charge in [0.2, 0.25) is 0 Å². The van der Waals surface area contributed by atoms with Gasteiger partial charge in [0.15, 0.2) is 6.29 Å². The Hall–Kier alpha value is -1.00. The van der Waals surface area contributed by atoms with Crippen molar-refractivity contribution < 1.29 is 14.6 Å². The van der Waals surface area contributed by atoms with Crippen LogP contribution in [-0.2, 0) is 9.47 Å². The zero-order chi connectivity index (χ0) is 20.1. The van der Waals surface area contributed by atoms with E-state index in [1.165, 1.54) is 44.9 Å². The van der Waals surface area contributed by atoms with E-state index in [0.29, 0.717) is 0 Å². The van der Waals surface area contributed by atoms with Crippen LogP contribution in [0.4, 0.5) is 0 Å². The molecule has 1 rings (SSSR count). The second kappa shape index (κ2) is 19.3. The highest BCUT2D eigenvalue weighted by Crippen LogP contribution is 2.17. The summed E-state index contributed by atoms with van der Waals surface area (Å²) in [7, 11) is 0. The van der Waals surface area contributed by atoms with E-state index in [9.17, 15) is 0 Å². The van der Waals surface area contributed by atoms with E-state index in [1.54, 1.807) is 0 Å². The van der Waals surface area contributed by atoms with Crippen molar-refractivity contribution >= 4 is 0 Å². The van der Waals surface area contributed by atoms with Crippen molar-refractivity contribution in [3.05, 3.63) is 0 Å². The third kappa shape index (κ3) is 15.0. The second-order valence-electron chi connectivity index (χ2n) is 7.69. The van der Waals surface area contributed by atoms with Crippen LogP contribution in [0.15, 0.2) is 0 Å². The lowest BCUT2D eigenvalue weighted by Crippen LogP contribution is -2.27. The Morgan fingerprint density at radius 1 is 0.893 bits per heavy atom. The molecule has 1 N–H and O–H groups in total. The van der Waals surface area contributed by atoms with Crippen molar-refractivity contribution in [2.45, 2.75) is 122 Å². The summed E-state index contributed by atoms with van der Waals surface area (Å²) >= 11 is 0. The van der Waals surface area contributed by atoms with Gasteiger partial charge >= 0.3 is 0 Å². The Kier molecular flexibility index (Phi) is 17.3. The summed E-state index contributed by atoms with van der Waals surface area (Å²) in [6.07, 6.45) is 17.7. The van der Waals surface area contributed by atoms with Crippen LogP contribution < -0.4 is 0 Å². The van der Waals surface area contributed by atoms with Gasteiger partial charge in [0.05, 0.1) is 0 Å². The second-order valence-corrected chi connectivity index (χ2v) is 7.69. The van der Waals surface area contributed by atoms with Crippen molar-refractivity contribution in [3.63, 3.8) is 0 Å². The van der Waals surface area contributed by atoms with Crippen LogP contribution in [0.25, 0.3) is 0 Å². The van der Waals surface area contributed by atoms with Gasteiger partial charge in [-0.2, -0.15) is 0 Å². The molecule has 0 aliphatic carbocycles. The van der Waals surface area contributed by atoms with E-state index in [0.717, 1.165) is 64.4 Å².